The molecule has 0 unspecified atom stereocenters. The zero-order chi connectivity index (χ0) is 17.2. The second-order valence-electron chi connectivity index (χ2n) is 6.80. The predicted octanol–water partition coefficient (Wildman–Crippen LogP) is 4.79. The highest BCUT2D eigenvalue weighted by Crippen LogP contribution is 2.35. The molecule has 1 saturated heterocycles. The normalized spacial score (nSPS) is 16.8. The van der Waals surface area contributed by atoms with Crippen LogP contribution in [0.4, 0.5) is 0 Å². The molecular formula is C19H23N3OS2. The van der Waals surface area contributed by atoms with Crippen LogP contribution in [0.25, 0.3) is 20.7 Å². The lowest BCUT2D eigenvalue weighted by Gasteiger charge is -2.23. The topological polar surface area (TPSA) is 49.0 Å². The number of hydrogen-bond donors (Lipinski definition) is 1. The average molecular weight is 374 g/mol. The summed E-state index contributed by atoms with van der Waals surface area (Å²) in [5, 5.41) is 2.81. The van der Waals surface area contributed by atoms with Crippen molar-refractivity contribution in [3.63, 3.8) is 0 Å². The van der Waals surface area contributed by atoms with E-state index in [9.17, 15) is 4.79 Å². The number of nitrogens with zero attached hydrogens (tertiary/aromatic N) is 2. The van der Waals surface area contributed by atoms with Crippen molar-refractivity contribution in [2.75, 3.05) is 13.1 Å². The summed E-state index contributed by atoms with van der Waals surface area (Å²) in [7, 11) is 0. The monoisotopic (exact) mass is 373 g/mol. The molecule has 0 atom stereocenters. The molecule has 4 nitrogen and oxygen atoms in total. The van der Waals surface area contributed by atoms with E-state index in [1.54, 1.807) is 22.7 Å². The first-order valence-electron chi connectivity index (χ1n) is 9.00. The van der Waals surface area contributed by atoms with Crippen LogP contribution in [-0.2, 0) is 6.54 Å². The highest BCUT2D eigenvalue weighted by Gasteiger charge is 2.16. The minimum atomic E-state index is -0.00523. The van der Waals surface area contributed by atoms with Gasteiger partial charge < -0.3 is 4.98 Å². The molecule has 1 aliphatic heterocycles. The molecule has 132 valence electrons. The van der Waals surface area contributed by atoms with Crippen molar-refractivity contribution in [3.05, 3.63) is 38.6 Å². The van der Waals surface area contributed by atoms with Crippen LogP contribution in [-0.4, -0.2) is 28.0 Å². The van der Waals surface area contributed by atoms with E-state index in [-0.39, 0.29) is 5.56 Å². The molecule has 4 rings (SSSR count). The molecule has 3 aromatic heterocycles. The van der Waals surface area contributed by atoms with Gasteiger partial charge in [-0.25, -0.2) is 4.98 Å². The third kappa shape index (κ3) is 3.71. The third-order valence-corrected chi connectivity index (χ3v) is 6.73. The Morgan fingerprint density at radius 2 is 1.92 bits per heavy atom. The van der Waals surface area contributed by atoms with Crippen LogP contribution in [0.5, 0.6) is 0 Å². The zero-order valence-electron chi connectivity index (χ0n) is 14.5. The number of thiophene rings is 2. The minimum absolute atomic E-state index is 0.00523. The van der Waals surface area contributed by atoms with Crippen LogP contribution in [0.2, 0.25) is 0 Å². The molecule has 0 amide bonds. The van der Waals surface area contributed by atoms with E-state index in [0.29, 0.717) is 0 Å². The highest BCUT2D eigenvalue weighted by atomic mass is 32.1. The van der Waals surface area contributed by atoms with Crippen molar-refractivity contribution in [2.24, 2.45) is 0 Å². The maximum absolute atomic E-state index is 12.7. The summed E-state index contributed by atoms with van der Waals surface area (Å²) in [5.74, 6) is 0.800. The van der Waals surface area contributed by atoms with Gasteiger partial charge in [-0.05, 0) is 45.0 Å². The fourth-order valence-electron chi connectivity index (χ4n) is 3.51. The summed E-state index contributed by atoms with van der Waals surface area (Å²) in [5.41, 5.74) is 1.01. The van der Waals surface area contributed by atoms with Crippen LogP contribution >= 0.6 is 22.7 Å². The Morgan fingerprint density at radius 3 is 2.64 bits per heavy atom. The first-order chi connectivity index (χ1) is 12.2. The van der Waals surface area contributed by atoms with Crippen LogP contribution in [0.15, 0.2) is 22.3 Å². The second kappa shape index (κ2) is 7.40. The fraction of sp³-hybridized carbons (Fsp3) is 0.474. The molecule has 0 spiro atoms. The molecule has 1 fully saturated rings. The van der Waals surface area contributed by atoms with E-state index in [2.05, 4.69) is 34.3 Å². The summed E-state index contributed by atoms with van der Waals surface area (Å²) in [6.45, 7) is 5.04. The predicted molar refractivity (Wildman–Crippen MR) is 107 cm³/mol. The van der Waals surface area contributed by atoms with Gasteiger partial charge in [0.2, 0.25) is 0 Å². The van der Waals surface area contributed by atoms with E-state index in [0.717, 1.165) is 46.1 Å². The van der Waals surface area contributed by atoms with E-state index < -0.39 is 0 Å². The number of H-pyrrole nitrogens is 1. The molecule has 6 heteroatoms. The van der Waals surface area contributed by atoms with E-state index in [1.165, 1.54) is 37.0 Å². The van der Waals surface area contributed by atoms with Gasteiger partial charge in [0.1, 0.15) is 10.7 Å². The summed E-state index contributed by atoms with van der Waals surface area (Å²) in [6.07, 6.45) is 6.47. The van der Waals surface area contributed by atoms with E-state index in [1.807, 2.05) is 0 Å². The Bertz CT molecular complexity index is 916. The number of aryl methyl sites for hydroxylation is 1. The largest absolute Gasteiger partial charge is 0.309 e. The van der Waals surface area contributed by atoms with Crippen molar-refractivity contribution in [3.8, 4) is 10.4 Å². The number of nitrogens with one attached hydrogen (secondary N) is 1. The standard InChI is InChI=1S/C19H23N3OS2/c1-13-7-8-15(25-13)14-12-24-19-17(14)18(23)20-16(21-19)11-22-9-5-3-2-4-6-10-22/h7-8,12H,2-6,9-11H2,1H3,(H,20,21,23). The fourth-order valence-corrected chi connectivity index (χ4v) is 5.43. The molecule has 0 saturated carbocycles. The van der Waals surface area contributed by atoms with Gasteiger partial charge in [0, 0.05) is 20.7 Å². The summed E-state index contributed by atoms with van der Waals surface area (Å²) in [6, 6.07) is 4.19. The van der Waals surface area contributed by atoms with E-state index >= 15 is 0 Å². The van der Waals surface area contributed by atoms with Crippen molar-refractivity contribution in [2.45, 2.75) is 45.6 Å². The maximum atomic E-state index is 12.7. The molecular weight excluding hydrogens is 350 g/mol. The number of hydrogen-bond acceptors (Lipinski definition) is 5. The lowest BCUT2D eigenvalue weighted by molar-refractivity contribution is 0.234. The second-order valence-corrected chi connectivity index (χ2v) is 8.94. The maximum Gasteiger partial charge on any atom is 0.260 e. The van der Waals surface area contributed by atoms with Crippen LogP contribution in [0.3, 0.4) is 0 Å². The first-order valence-corrected chi connectivity index (χ1v) is 10.7. The summed E-state index contributed by atoms with van der Waals surface area (Å²) in [4.78, 5) is 26.2. The van der Waals surface area contributed by atoms with Gasteiger partial charge >= 0.3 is 0 Å². The lowest BCUT2D eigenvalue weighted by Crippen LogP contribution is -2.28. The highest BCUT2D eigenvalue weighted by molar-refractivity contribution is 7.19. The minimum Gasteiger partial charge on any atom is -0.309 e. The molecule has 3 aromatic rings. The van der Waals surface area contributed by atoms with Crippen molar-refractivity contribution >= 4 is 32.9 Å². The Hall–Kier alpha value is -1.50. The third-order valence-electron chi connectivity index (χ3n) is 4.82. The van der Waals surface area contributed by atoms with Crippen molar-refractivity contribution in [1.82, 2.24) is 14.9 Å². The molecule has 4 heterocycles. The Morgan fingerprint density at radius 1 is 1.16 bits per heavy atom. The Kier molecular flexibility index (Phi) is 5.01. The van der Waals surface area contributed by atoms with Crippen LogP contribution < -0.4 is 5.56 Å². The zero-order valence-corrected chi connectivity index (χ0v) is 16.1. The SMILES string of the molecule is Cc1ccc(-c2csc3nc(CN4CCCCCCC4)[nH]c(=O)c23)s1. The average Bonchev–Trinajstić information content (AvgIpc) is 3.16. The molecule has 0 bridgehead atoms. The van der Waals surface area contributed by atoms with Gasteiger partial charge in [-0.15, -0.1) is 22.7 Å². The molecule has 1 aliphatic rings. The van der Waals surface area contributed by atoms with Gasteiger partial charge in [-0.3, -0.25) is 9.69 Å². The van der Waals surface area contributed by atoms with Gasteiger partial charge in [0.15, 0.2) is 0 Å². The number of aromatic amines is 1. The number of likely N-dealkylation sites (tertiary alicyclic amines) is 1. The van der Waals surface area contributed by atoms with Gasteiger partial charge in [-0.1, -0.05) is 19.3 Å². The van der Waals surface area contributed by atoms with E-state index in [4.69, 9.17) is 4.98 Å². The quantitative estimate of drug-likeness (QED) is 0.718. The number of rotatable bonds is 3. The van der Waals surface area contributed by atoms with Crippen LogP contribution in [0, 0.1) is 6.92 Å². The molecule has 25 heavy (non-hydrogen) atoms. The number of fused-ring (bicyclic) bond motifs is 1. The first kappa shape index (κ1) is 16.9. The molecule has 0 aromatic carbocycles. The summed E-state index contributed by atoms with van der Waals surface area (Å²) >= 11 is 3.30. The Labute approximate surface area is 155 Å². The van der Waals surface area contributed by atoms with Crippen molar-refractivity contribution < 1.29 is 0 Å². The Balaban J connectivity index is 1.63. The van der Waals surface area contributed by atoms with Gasteiger partial charge in [0.25, 0.3) is 5.56 Å². The summed E-state index contributed by atoms with van der Waals surface area (Å²) < 4.78 is 0. The number of aromatic nitrogens is 2. The van der Waals surface area contributed by atoms with Crippen molar-refractivity contribution in [1.29, 1.82) is 0 Å². The van der Waals surface area contributed by atoms with Crippen LogP contribution in [0.1, 0.15) is 42.8 Å². The molecule has 1 N–H and O–H groups in total. The van der Waals surface area contributed by atoms with Gasteiger partial charge in [-0.2, -0.15) is 0 Å². The molecule has 0 aliphatic carbocycles. The molecule has 0 radical (unpaired) electrons. The smallest absolute Gasteiger partial charge is 0.260 e. The van der Waals surface area contributed by atoms with Gasteiger partial charge in [0.05, 0.1) is 11.9 Å². The lowest BCUT2D eigenvalue weighted by atomic mass is 10.1.